The van der Waals surface area contributed by atoms with Crippen molar-refractivity contribution in [1.82, 2.24) is 20.5 Å². The summed E-state index contributed by atoms with van der Waals surface area (Å²) in [7, 11) is 1.70. The lowest BCUT2D eigenvalue weighted by Gasteiger charge is -2.44. The van der Waals surface area contributed by atoms with E-state index in [1.165, 1.54) is 36.6 Å². The molecule has 0 unspecified atom stereocenters. The van der Waals surface area contributed by atoms with Gasteiger partial charge < -0.3 is 26.4 Å². The first-order chi connectivity index (χ1) is 17.9. The van der Waals surface area contributed by atoms with Crippen molar-refractivity contribution in [2.75, 3.05) is 36.6 Å². The first kappa shape index (κ1) is 25.9. The van der Waals surface area contributed by atoms with Gasteiger partial charge in [0, 0.05) is 30.1 Å². The second kappa shape index (κ2) is 10.9. The van der Waals surface area contributed by atoms with Crippen molar-refractivity contribution in [3.63, 3.8) is 0 Å². The Kier molecular flexibility index (Phi) is 7.65. The van der Waals surface area contributed by atoms with Gasteiger partial charge in [0.2, 0.25) is 5.95 Å². The van der Waals surface area contributed by atoms with Gasteiger partial charge in [-0.2, -0.15) is 4.98 Å². The molecule has 3 aromatic rings. The van der Waals surface area contributed by atoms with Crippen molar-refractivity contribution >= 4 is 40.8 Å². The molecule has 37 heavy (non-hydrogen) atoms. The zero-order chi connectivity index (χ0) is 26.0. The van der Waals surface area contributed by atoms with Crippen LogP contribution in [-0.4, -0.2) is 41.4 Å². The average molecular weight is 540 g/mol. The van der Waals surface area contributed by atoms with E-state index >= 15 is 0 Å². The van der Waals surface area contributed by atoms with Crippen LogP contribution in [-0.2, 0) is 0 Å². The summed E-state index contributed by atoms with van der Waals surface area (Å²) < 4.78 is 5.31. The van der Waals surface area contributed by atoms with Crippen LogP contribution < -0.4 is 26.4 Å². The molecule has 1 spiro atoms. The molecule has 1 saturated carbocycles. The molecule has 1 aliphatic heterocycles. The molecule has 2 aromatic carbocycles. The third-order valence-electron chi connectivity index (χ3n) is 7.89. The summed E-state index contributed by atoms with van der Waals surface area (Å²) >= 11 is 7.65. The predicted octanol–water partition coefficient (Wildman–Crippen LogP) is 5.34. The molecular formula is C27H34ClN7OS. The molecule has 1 saturated heterocycles. The topological polar surface area (TPSA) is 115 Å². The van der Waals surface area contributed by atoms with E-state index in [0.717, 1.165) is 36.6 Å². The summed E-state index contributed by atoms with van der Waals surface area (Å²) in [5.74, 6) is 1.82. The number of hydrogen-bond acceptors (Lipinski definition) is 9. The normalized spacial score (nSPS) is 19.8. The SMILES string of the molecule is COc1ccc([C@@H](C)N[C@@H]2CCCC23CCN(c2nnc(Sc4cccc(N)c4Cl)c(N)n2)CC3)cc1. The van der Waals surface area contributed by atoms with E-state index in [9.17, 15) is 0 Å². The second-order valence-electron chi connectivity index (χ2n) is 10.0. The first-order valence-electron chi connectivity index (χ1n) is 12.8. The van der Waals surface area contributed by atoms with Crippen LogP contribution >= 0.6 is 23.4 Å². The van der Waals surface area contributed by atoms with Gasteiger partial charge in [-0.05, 0) is 67.9 Å². The fraction of sp³-hybridized carbons (Fsp3) is 0.444. The lowest BCUT2D eigenvalue weighted by molar-refractivity contribution is 0.163. The van der Waals surface area contributed by atoms with Gasteiger partial charge in [-0.25, -0.2) is 0 Å². The van der Waals surface area contributed by atoms with Crippen LogP contribution in [0.4, 0.5) is 17.5 Å². The summed E-state index contributed by atoms with van der Waals surface area (Å²) in [4.78, 5) is 7.58. The van der Waals surface area contributed by atoms with E-state index in [1.807, 2.05) is 24.3 Å². The van der Waals surface area contributed by atoms with Crippen molar-refractivity contribution in [3.05, 3.63) is 53.1 Å². The third-order valence-corrected chi connectivity index (χ3v) is 9.46. The number of rotatable bonds is 7. The van der Waals surface area contributed by atoms with Gasteiger partial charge >= 0.3 is 0 Å². The quantitative estimate of drug-likeness (QED) is 0.342. The Morgan fingerprint density at radius 2 is 1.86 bits per heavy atom. The molecule has 0 bridgehead atoms. The number of ether oxygens (including phenoxy) is 1. The average Bonchev–Trinajstić information content (AvgIpc) is 3.29. The minimum absolute atomic E-state index is 0.287. The summed E-state index contributed by atoms with van der Waals surface area (Å²) in [5, 5.41) is 13.7. The zero-order valence-electron chi connectivity index (χ0n) is 21.3. The fourth-order valence-electron chi connectivity index (χ4n) is 5.68. The highest BCUT2D eigenvalue weighted by molar-refractivity contribution is 7.99. The minimum atomic E-state index is 0.287. The first-order valence-corrected chi connectivity index (χ1v) is 13.9. The van der Waals surface area contributed by atoms with Gasteiger partial charge in [-0.1, -0.05) is 48.0 Å². The third kappa shape index (κ3) is 5.44. The number of aromatic nitrogens is 3. The summed E-state index contributed by atoms with van der Waals surface area (Å²) in [6.45, 7) is 4.04. The smallest absolute Gasteiger partial charge is 0.247 e. The maximum Gasteiger partial charge on any atom is 0.247 e. The zero-order valence-corrected chi connectivity index (χ0v) is 22.9. The highest BCUT2D eigenvalue weighted by atomic mass is 35.5. The lowest BCUT2D eigenvalue weighted by atomic mass is 9.73. The van der Waals surface area contributed by atoms with E-state index in [0.29, 0.717) is 39.0 Å². The van der Waals surface area contributed by atoms with Gasteiger partial charge in [0.1, 0.15) is 5.75 Å². The Morgan fingerprint density at radius 3 is 2.57 bits per heavy atom. The largest absolute Gasteiger partial charge is 0.497 e. The minimum Gasteiger partial charge on any atom is -0.497 e. The van der Waals surface area contributed by atoms with Crippen molar-refractivity contribution in [2.24, 2.45) is 5.41 Å². The molecule has 2 fully saturated rings. The summed E-state index contributed by atoms with van der Waals surface area (Å²) in [6.07, 6.45) is 5.92. The highest BCUT2D eigenvalue weighted by Crippen LogP contribution is 2.47. The van der Waals surface area contributed by atoms with Gasteiger partial charge in [0.05, 0.1) is 17.8 Å². The standard InChI is InChI=1S/C27H34ClN7OS/c1-17(18-8-10-19(36-2)11-9-18)31-22-7-4-12-27(22)13-15-35(16-14-27)26-32-24(30)25(33-34-26)37-21-6-3-5-20(29)23(21)28/h3,5-6,8-11,17,22,31H,4,7,12-16,29H2,1-2H3,(H2,30,32,34)/t17-,22-/m1/s1. The molecule has 2 aliphatic rings. The van der Waals surface area contributed by atoms with Crippen LogP contribution in [0.15, 0.2) is 52.4 Å². The molecule has 2 heterocycles. The number of hydrogen-bond donors (Lipinski definition) is 3. The maximum absolute atomic E-state index is 6.32. The number of piperidine rings is 1. The predicted molar refractivity (Wildman–Crippen MR) is 150 cm³/mol. The fourth-order valence-corrected chi connectivity index (χ4v) is 6.71. The Balaban J connectivity index is 1.22. The molecule has 8 nitrogen and oxygen atoms in total. The van der Waals surface area contributed by atoms with E-state index < -0.39 is 0 Å². The van der Waals surface area contributed by atoms with Crippen molar-refractivity contribution in [3.8, 4) is 5.75 Å². The molecule has 0 amide bonds. The molecule has 5 rings (SSSR count). The number of nitrogens with zero attached hydrogens (tertiary/aromatic N) is 4. The molecule has 1 aromatic heterocycles. The van der Waals surface area contributed by atoms with Gasteiger partial charge in [0.25, 0.3) is 0 Å². The van der Waals surface area contributed by atoms with Crippen LogP contribution in [0.25, 0.3) is 0 Å². The van der Waals surface area contributed by atoms with Gasteiger partial charge in [-0.3, -0.25) is 0 Å². The number of nitrogens with one attached hydrogen (secondary N) is 1. The monoisotopic (exact) mass is 539 g/mol. The second-order valence-corrected chi connectivity index (χ2v) is 11.4. The Labute approximate surface area is 227 Å². The molecule has 5 N–H and O–H groups in total. The Hall–Kier alpha value is -2.75. The lowest BCUT2D eigenvalue weighted by Crippen LogP contribution is -2.49. The molecule has 196 valence electrons. The number of anilines is 3. The van der Waals surface area contributed by atoms with Crippen LogP contribution in [0.5, 0.6) is 5.75 Å². The molecule has 0 radical (unpaired) electrons. The number of methoxy groups -OCH3 is 1. The van der Waals surface area contributed by atoms with Gasteiger partial charge in [0.15, 0.2) is 10.8 Å². The molecule has 10 heteroatoms. The maximum atomic E-state index is 6.32. The molecule has 1 aliphatic carbocycles. The van der Waals surface area contributed by atoms with E-state index in [4.69, 9.17) is 27.8 Å². The number of nitrogens with two attached hydrogens (primary N) is 2. The molecule has 2 atom stereocenters. The Morgan fingerprint density at radius 1 is 1.11 bits per heavy atom. The van der Waals surface area contributed by atoms with Crippen LogP contribution in [0.3, 0.4) is 0 Å². The van der Waals surface area contributed by atoms with Gasteiger partial charge in [-0.15, -0.1) is 10.2 Å². The summed E-state index contributed by atoms with van der Waals surface area (Å²) in [5.41, 5.74) is 14.3. The van der Waals surface area contributed by atoms with E-state index in [1.54, 1.807) is 13.2 Å². The highest BCUT2D eigenvalue weighted by Gasteiger charge is 2.45. The van der Waals surface area contributed by atoms with Crippen molar-refractivity contribution < 1.29 is 4.74 Å². The van der Waals surface area contributed by atoms with E-state index in [-0.39, 0.29) is 6.04 Å². The van der Waals surface area contributed by atoms with E-state index in [2.05, 4.69) is 44.5 Å². The molecular weight excluding hydrogens is 506 g/mol. The van der Waals surface area contributed by atoms with Crippen LogP contribution in [0.1, 0.15) is 50.6 Å². The summed E-state index contributed by atoms with van der Waals surface area (Å²) in [6, 6.07) is 14.6. The van der Waals surface area contributed by atoms with Crippen LogP contribution in [0.2, 0.25) is 5.02 Å². The number of benzene rings is 2. The van der Waals surface area contributed by atoms with Crippen molar-refractivity contribution in [2.45, 2.75) is 61.0 Å². The number of nitrogen functional groups attached to an aromatic ring is 2. The van der Waals surface area contributed by atoms with Crippen LogP contribution in [0, 0.1) is 5.41 Å². The Bertz CT molecular complexity index is 1230. The van der Waals surface area contributed by atoms with Crippen molar-refractivity contribution in [1.29, 1.82) is 0 Å². The number of halogens is 1.